The van der Waals surface area contributed by atoms with Crippen LogP contribution in [0.25, 0.3) is 0 Å². The number of hydrogen-bond donors (Lipinski definition) is 1. The highest BCUT2D eigenvalue weighted by Crippen LogP contribution is 2.24. The van der Waals surface area contributed by atoms with E-state index in [9.17, 15) is 14.0 Å². The molecule has 0 spiro atoms. The van der Waals surface area contributed by atoms with Gasteiger partial charge < -0.3 is 15.0 Å². The summed E-state index contributed by atoms with van der Waals surface area (Å²) in [5, 5.41) is 3.34. The highest BCUT2D eigenvalue weighted by Gasteiger charge is 2.33. The van der Waals surface area contributed by atoms with E-state index >= 15 is 0 Å². The Labute approximate surface area is 210 Å². The fourth-order valence-corrected chi connectivity index (χ4v) is 3.79. The Morgan fingerprint density at radius 2 is 1.60 bits per heavy atom. The standard InChI is InChI=1S/C28H30ClFN2O3/c1-28(2,3)31-27(34)24(17-20-11-5-4-6-12-20)32(18-21-13-7-9-15-23(21)30)26(33)19-35-25-16-10-8-14-22(25)29/h4-16,24H,17-19H2,1-3H3,(H,31,34)/t24-/m0/s1. The van der Waals surface area contributed by atoms with Gasteiger partial charge in [0.15, 0.2) is 6.61 Å². The Kier molecular flexibility index (Phi) is 8.88. The maximum absolute atomic E-state index is 14.6. The largest absolute Gasteiger partial charge is 0.482 e. The molecule has 0 aliphatic heterocycles. The third-order valence-corrected chi connectivity index (χ3v) is 5.57. The maximum atomic E-state index is 14.6. The summed E-state index contributed by atoms with van der Waals surface area (Å²) < 4.78 is 20.3. The number of benzene rings is 3. The number of rotatable bonds is 9. The van der Waals surface area contributed by atoms with E-state index in [0.29, 0.717) is 16.3 Å². The van der Waals surface area contributed by atoms with Gasteiger partial charge in [0, 0.05) is 24.1 Å². The van der Waals surface area contributed by atoms with E-state index in [0.717, 1.165) is 5.56 Å². The minimum absolute atomic E-state index is 0.0908. The zero-order valence-corrected chi connectivity index (χ0v) is 20.9. The van der Waals surface area contributed by atoms with Gasteiger partial charge in [0.05, 0.1) is 5.02 Å². The van der Waals surface area contributed by atoms with E-state index in [-0.39, 0.29) is 25.5 Å². The van der Waals surface area contributed by atoms with Crippen molar-refractivity contribution in [2.45, 2.75) is 45.3 Å². The Morgan fingerprint density at radius 3 is 2.26 bits per heavy atom. The lowest BCUT2D eigenvalue weighted by atomic mass is 10.0. The van der Waals surface area contributed by atoms with Gasteiger partial charge in [-0.25, -0.2) is 4.39 Å². The third-order valence-electron chi connectivity index (χ3n) is 5.26. The summed E-state index contributed by atoms with van der Waals surface area (Å²) in [7, 11) is 0. The second kappa shape index (κ2) is 11.8. The first-order valence-corrected chi connectivity index (χ1v) is 11.8. The lowest BCUT2D eigenvalue weighted by Gasteiger charge is -2.33. The normalized spacial score (nSPS) is 12.0. The fourth-order valence-electron chi connectivity index (χ4n) is 3.60. The van der Waals surface area contributed by atoms with E-state index in [1.807, 2.05) is 51.1 Å². The zero-order chi connectivity index (χ0) is 25.4. The number of hydrogen-bond acceptors (Lipinski definition) is 3. The van der Waals surface area contributed by atoms with Crippen LogP contribution in [0.4, 0.5) is 4.39 Å². The van der Waals surface area contributed by atoms with Crippen LogP contribution in [0.5, 0.6) is 5.75 Å². The molecule has 7 heteroatoms. The van der Waals surface area contributed by atoms with Crippen LogP contribution in [0.15, 0.2) is 78.9 Å². The van der Waals surface area contributed by atoms with Crippen molar-refractivity contribution in [2.24, 2.45) is 0 Å². The van der Waals surface area contributed by atoms with Gasteiger partial charge >= 0.3 is 0 Å². The van der Waals surface area contributed by atoms with Crippen molar-refractivity contribution in [1.29, 1.82) is 0 Å². The molecule has 0 heterocycles. The van der Waals surface area contributed by atoms with Gasteiger partial charge in [-0.05, 0) is 44.5 Å². The summed E-state index contributed by atoms with van der Waals surface area (Å²) in [5.41, 5.74) is 0.660. The van der Waals surface area contributed by atoms with Crippen LogP contribution in [0, 0.1) is 5.82 Å². The monoisotopic (exact) mass is 496 g/mol. The first-order chi connectivity index (χ1) is 16.6. The lowest BCUT2D eigenvalue weighted by molar-refractivity contribution is -0.143. The van der Waals surface area contributed by atoms with Gasteiger partial charge in [0.1, 0.15) is 17.6 Å². The smallest absolute Gasteiger partial charge is 0.261 e. The molecule has 3 aromatic carbocycles. The molecule has 0 saturated carbocycles. The highest BCUT2D eigenvalue weighted by molar-refractivity contribution is 6.32. The summed E-state index contributed by atoms with van der Waals surface area (Å²) in [6.45, 7) is 5.16. The number of carbonyl (C=O) groups is 2. The maximum Gasteiger partial charge on any atom is 0.261 e. The summed E-state index contributed by atoms with van der Waals surface area (Å²) in [6, 6.07) is 21.6. The quantitative estimate of drug-likeness (QED) is 0.430. The van der Waals surface area contributed by atoms with Crippen molar-refractivity contribution < 1.29 is 18.7 Å². The SMILES string of the molecule is CC(C)(C)NC(=O)[C@H](Cc1ccccc1)N(Cc1ccccc1F)C(=O)COc1ccccc1Cl. The summed E-state index contributed by atoms with van der Waals surface area (Å²) in [4.78, 5) is 28.3. The molecule has 184 valence electrons. The minimum atomic E-state index is -0.890. The van der Waals surface area contributed by atoms with Crippen LogP contribution in [-0.2, 0) is 22.6 Å². The number of halogens is 2. The Balaban J connectivity index is 1.95. The van der Waals surface area contributed by atoms with Crippen LogP contribution in [0.2, 0.25) is 5.02 Å². The molecule has 0 aromatic heterocycles. The molecule has 1 N–H and O–H groups in total. The number of amides is 2. The minimum Gasteiger partial charge on any atom is -0.482 e. The summed E-state index contributed by atoms with van der Waals surface area (Å²) in [6.07, 6.45) is 0.259. The van der Waals surface area contributed by atoms with E-state index in [1.54, 1.807) is 42.5 Å². The number of ether oxygens (including phenoxy) is 1. The predicted molar refractivity (Wildman–Crippen MR) is 136 cm³/mol. The van der Waals surface area contributed by atoms with Gasteiger partial charge in [-0.15, -0.1) is 0 Å². The topological polar surface area (TPSA) is 58.6 Å². The molecule has 0 aliphatic rings. The van der Waals surface area contributed by atoms with Gasteiger partial charge in [0.25, 0.3) is 5.91 Å². The molecule has 2 amide bonds. The first-order valence-electron chi connectivity index (χ1n) is 11.4. The average Bonchev–Trinajstić information content (AvgIpc) is 2.81. The zero-order valence-electron chi connectivity index (χ0n) is 20.1. The summed E-state index contributed by atoms with van der Waals surface area (Å²) in [5.74, 6) is -0.888. The Morgan fingerprint density at radius 1 is 0.971 bits per heavy atom. The van der Waals surface area contributed by atoms with Crippen LogP contribution in [0.3, 0.4) is 0 Å². The molecule has 0 unspecified atom stereocenters. The molecule has 0 bridgehead atoms. The predicted octanol–water partition coefficient (Wildman–Crippen LogP) is 5.41. The molecule has 0 fully saturated rings. The van der Waals surface area contributed by atoms with E-state index in [4.69, 9.17) is 16.3 Å². The van der Waals surface area contributed by atoms with E-state index in [2.05, 4.69) is 5.32 Å². The van der Waals surface area contributed by atoms with Crippen molar-refractivity contribution in [3.05, 3.63) is 101 Å². The van der Waals surface area contributed by atoms with Crippen LogP contribution in [0.1, 0.15) is 31.9 Å². The Hall–Kier alpha value is -3.38. The molecule has 3 rings (SSSR count). The molecule has 3 aromatic rings. The van der Waals surface area contributed by atoms with E-state index in [1.165, 1.54) is 11.0 Å². The average molecular weight is 497 g/mol. The Bertz CT molecular complexity index is 1150. The summed E-state index contributed by atoms with van der Waals surface area (Å²) >= 11 is 6.17. The number of carbonyl (C=O) groups excluding carboxylic acids is 2. The van der Waals surface area contributed by atoms with Crippen LogP contribution >= 0.6 is 11.6 Å². The lowest BCUT2D eigenvalue weighted by Crippen LogP contribution is -2.55. The second-order valence-electron chi connectivity index (χ2n) is 9.28. The number of nitrogens with zero attached hydrogens (tertiary/aromatic N) is 1. The fraction of sp³-hybridized carbons (Fsp3) is 0.286. The second-order valence-corrected chi connectivity index (χ2v) is 9.68. The first kappa shape index (κ1) is 26.2. The molecular formula is C28H30ClFN2O3. The van der Waals surface area contributed by atoms with Gasteiger partial charge in [-0.1, -0.05) is 72.3 Å². The van der Waals surface area contributed by atoms with Crippen molar-refractivity contribution in [3.8, 4) is 5.75 Å². The molecule has 1 atom stereocenters. The van der Waals surface area contributed by atoms with Gasteiger partial charge in [-0.2, -0.15) is 0 Å². The van der Waals surface area contributed by atoms with Crippen LogP contribution in [-0.4, -0.2) is 34.9 Å². The molecule has 0 radical (unpaired) electrons. The molecular weight excluding hydrogens is 467 g/mol. The van der Waals surface area contributed by atoms with Gasteiger partial charge in [0.2, 0.25) is 5.91 Å². The molecule has 5 nitrogen and oxygen atoms in total. The molecule has 35 heavy (non-hydrogen) atoms. The number of nitrogens with one attached hydrogen (secondary N) is 1. The van der Waals surface area contributed by atoms with Gasteiger partial charge in [-0.3, -0.25) is 9.59 Å². The highest BCUT2D eigenvalue weighted by atomic mass is 35.5. The van der Waals surface area contributed by atoms with Crippen molar-refractivity contribution in [3.63, 3.8) is 0 Å². The molecule has 0 saturated heterocycles. The number of para-hydroxylation sites is 1. The molecule has 0 aliphatic carbocycles. The van der Waals surface area contributed by atoms with Crippen molar-refractivity contribution in [1.82, 2.24) is 10.2 Å². The van der Waals surface area contributed by atoms with Crippen molar-refractivity contribution in [2.75, 3.05) is 6.61 Å². The third kappa shape index (κ3) is 7.82. The van der Waals surface area contributed by atoms with E-state index < -0.39 is 23.3 Å². The van der Waals surface area contributed by atoms with Crippen molar-refractivity contribution >= 4 is 23.4 Å². The van der Waals surface area contributed by atoms with Crippen LogP contribution < -0.4 is 10.1 Å².